The van der Waals surface area contributed by atoms with Gasteiger partial charge in [-0.3, -0.25) is 9.59 Å². The molecule has 1 heterocycles. The van der Waals surface area contributed by atoms with Crippen molar-refractivity contribution in [1.29, 1.82) is 0 Å². The average molecular weight is 276 g/mol. The highest BCUT2D eigenvalue weighted by Crippen LogP contribution is 2.20. The molecule has 0 unspecified atom stereocenters. The van der Waals surface area contributed by atoms with Crippen molar-refractivity contribution in [3.05, 3.63) is 29.8 Å². The summed E-state index contributed by atoms with van der Waals surface area (Å²) in [6, 6.07) is 8.23. The second kappa shape index (κ2) is 6.41. The van der Waals surface area contributed by atoms with Gasteiger partial charge in [0.15, 0.2) is 0 Å². The Morgan fingerprint density at radius 3 is 2.40 bits per heavy atom. The van der Waals surface area contributed by atoms with Crippen LogP contribution < -0.4 is 4.90 Å². The van der Waals surface area contributed by atoms with Crippen molar-refractivity contribution in [2.75, 3.05) is 38.2 Å². The van der Waals surface area contributed by atoms with Crippen LogP contribution in [0.3, 0.4) is 0 Å². The summed E-state index contributed by atoms with van der Waals surface area (Å²) in [7, 11) is 1.30. The summed E-state index contributed by atoms with van der Waals surface area (Å²) < 4.78 is 4.52. The zero-order valence-corrected chi connectivity index (χ0v) is 12.0. The zero-order valence-electron chi connectivity index (χ0n) is 12.0. The number of carbonyl (C=O) groups is 2. The topological polar surface area (TPSA) is 49.9 Å². The summed E-state index contributed by atoms with van der Waals surface area (Å²) >= 11 is 0. The minimum absolute atomic E-state index is 0.152. The van der Waals surface area contributed by atoms with Crippen molar-refractivity contribution in [1.82, 2.24) is 4.90 Å². The van der Waals surface area contributed by atoms with Gasteiger partial charge in [-0.1, -0.05) is 18.2 Å². The van der Waals surface area contributed by atoms with Gasteiger partial charge < -0.3 is 14.5 Å². The summed E-state index contributed by atoms with van der Waals surface area (Å²) in [4.78, 5) is 27.0. The lowest BCUT2D eigenvalue weighted by Crippen LogP contribution is -2.49. The second-order valence-electron chi connectivity index (χ2n) is 4.91. The van der Waals surface area contributed by atoms with Gasteiger partial charge in [0.1, 0.15) is 6.42 Å². The fraction of sp³-hybridized carbons (Fsp3) is 0.467. The minimum atomic E-state index is -0.476. The average Bonchev–Trinajstić information content (AvgIpc) is 2.47. The molecule has 0 saturated carbocycles. The predicted molar refractivity (Wildman–Crippen MR) is 76.6 cm³/mol. The van der Waals surface area contributed by atoms with Crippen LogP contribution in [0.15, 0.2) is 24.3 Å². The first-order chi connectivity index (χ1) is 9.61. The quantitative estimate of drug-likeness (QED) is 0.615. The van der Waals surface area contributed by atoms with Crippen LogP contribution in [0.25, 0.3) is 0 Å². The molecule has 1 aromatic rings. The van der Waals surface area contributed by atoms with Gasteiger partial charge in [-0.25, -0.2) is 0 Å². The minimum Gasteiger partial charge on any atom is -0.469 e. The molecule has 20 heavy (non-hydrogen) atoms. The van der Waals surface area contributed by atoms with Crippen LogP contribution in [0.1, 0.15) is 12.0 Å². The number of esters is 1. The lowest BCUT2D eigenvalue weighted by atomic mass is 10.1. The highest BCUT2D eigenvalue weighted by molar-refractivity contribution is 5.94. The molecule has 1 amide bonds. The lowest BCUT2D eigenvalue weighted by molar-refractivity contribution is -0.146. The standard InChI is InChI=1S/C15H20N2O3/c1-12-5-3-4-6-13(12)16-7-9-17(10-8-16)14(18)11-15(19)20-2/h3-6H,7-11H2,1-2H3. The number of carbonyl (C=O) groups excluding carboxylic acids is 2. The molecule has 0 bridgehead atoms. The van der Waals surface area contributed by atoms with Crippen molar-refractivity contribution in [3.8, 4) is 0 Å². The predicted octanol–water partition coefficient (Wildman–Crippen LogP) is 1.21. The third-order valence-electron chi connectivity index (χ3n) is 3.61. The van der Waals surface area contributed by atoms with Gasteiger partial charge in [-0.15, -0.1) is 0 Å². The maximum Gasteiger partial charge on any atom is 0.315 e. The van der Waals surface area contributed by atoms with Crippen LogP contribution in [-0.2, 0) is 14.3 Å². The van der Waals surface area contributed by atoms with Gasteiger partial charge in [-0.2, -0.15) is 0 Å². The molecule has 0 aromatic heterocycles. The summed E-state index contributed by atoms with van der Waals surface area (Å²) in [6.45, 7) is 4.95. The Morgan fingerprint density at radius 1 is 1.15 bits per heavy atom. The van der Waals surface area contributed by atoms with Crippen molar-refractivity contribution in [2.24, 2.45) is 0 Å². The molecule has 2 rings (SSSR count). The Labute approximate surface area is 119 Å². The molecule has 0 radical (unpaired) electrons. The summed E-state index contributed by atoms with van der Waals surface area (Å²) in [5.41, 5.74) is 2.45. The number of hydrogen-bond donors (Lipinski definition) is 0. The third-order valence-corrected chi connectivity index (χ3v) is 3.61. The van der Waals surface area contributed by atoms with Crippen LogP contribution in [0.2, 0.25) is 0 Å². The van der Waals surface area contributed by atoms with Gasteiger partial charge in [0, 0.05) is 31.9 Å². The molecule has 1 aliphatic rings. The van der Waals surface area contributed by atoms with E-state index in [1.807, 2.05) is 12.1 Å². The first kappa shape index (κ1) is 14.4. The number of anilines is 1. The first-order valence-electron chi connectivity index (χ1n) is 6.77. The number of hydrogen-bond acceptors (Lipinski definition) is 4. The lowest BCUT2D eigenvalue weighted by Gasteiger charge is -2.36. The molecular weight excluding hydrogens is 256 g/mol. The summed E-state index contributed by atoms with van der Waals surface area (Å²) in [6.07, 6.45) is -0.166. The van der Waals surface area contributed by atoms with E-state index in [0.717, 1.165) is 13.1 Å². The number of aryl methyl sites for hydroxylation is 1. The van der Waals surface area contributed by atoms with Crippen LogP contribution in [0.4, 0.5) is 5.69 Å². The van der Waals surface area contributed by atoms with Crippen molar-refractivity contribution < 1.29 is 14.3 Å². The SMILES string of the molecule is COC(=O)CC(=O)N1CCN(c2ccccc2C)CC1. The smallest absolute Gasteiger partial charge is 0.315 e. The van der Waals surface area contributed by atoms with Crippen molar-refractivity contribution in [3.63, 3.8) is 0 Å². The Kier molecular flexibility index (Phi) is 4.61. The van der Waals surface area contributed by atoms with Gasteiger partial charge in [0.2, 0.25) is 5.91 Å². The van der Waals surface area contributed by atoms with E-state index in [1.165, 1.54) is 18.4 Å². The molecule has 5 nitrogen and oxygen atoms in total. The van der Waals surface area contributed by atoms with E-state index in [-0.39, 0.29) is 12.3 Å². The van der Waals surface area contributed by atoms with Crippen molar-refractivity contribution in [2.45, 2.75) is 13.3 Å². The van der Waals surface area contributed by atoms with Gasteiger partial charge in [-0.05, 0) is 18.6 Å². The van der Waals surface area contributed by atoms with Gasteiger partial charge in [0.05, 0.1) is 7.11 Å². The maximum atomic E-state index is 11.9. The van der Waals surface area contributed by atoms with E-state index in [0.29, 0.717) is 13.1 Å². The number of para-hydroxylation sites is 1. The molecule has 1 fully saturated rings. The maximum absolute atomic E-state index is 11.9. The Morgan fingerprint density at radius 2 is 1.80 bits per heavy atom. The van der Waals surface area contributed by atoms with E-state index in [1.54, 1.807) is 4.90 Å². The zero-order chi connectivity index (χ0) is 14.5. The number of rotatable bonds is 3. The first-order valence-corrected chi connectivity index (χ1v) is 6.77. The fourth-order valence-electron chi connectivity index (χ4n) is 2.42. The molecular formula is C15H20N2O3. The number of amides is 1. The molecule has 1 aromatic carbocycles. The Balaban J connectivity index is 1.91. The monoisotopic (exact) mass is 276 g/mol. The number of piperazine rings is 1. The van der Waals surface area contributed by atoms with E-state index in [2.05, 4.69) is 28.7 Å². The molecule has 1 aliphatic heterocycles. The van der Waals surface area contributed by atoms with E-state index in [9.17, 15) is 9.59 Å². The van der Waals surface area contributed by atoms with Crippen LogP contribution in [0.5, 0.6) is 0 Å². The van der Waals surface area contributed by atoms with E-state index >= 15 is 0 Å². The largest absolute Gasteiger partial charge is 0.469 e. The van der Waals surface area contributed by atoms with E-state index < -0.39 is 5.97 Å². The van der Waals surface area contributed by atoms with Gasteiger partial charge in [0.25, 0.3) is 0 Å². The molecule has 0 atom stereocenters. The third kappa shape index (κ3) is 3.29. The van der Waals surface area contributed by atoms with Crippen molar-refractivity contribution >= 4 is 17.6 Å². The second-order valence-corrected chi connectivity index (χ2v) is 4.91. The highest BCUT2D eigenvalue weighted by atomic mass is 16.5. The Bertz CT molecular complexity index is 494. The summed E-state index contributed by atoms with van der Waals surface area (Å²) in [5.74, 6) is -0.627. The number of methoxy groups -OCH3 is 1. The highest BCUT2D eigenvalue weighted by Gasteiger charge is 2.23. The molecule has 108 valence electrons. The van der Waals surface area contributed by atoms with Crippen LogP contribution in [-0.4, -0.2) is 50.1 Å². The fourth-order valence-corrected chi connectivity index (χ4v) is 2.42. The van der Waals surface area contributed by atoms with Crippen LogP contribution in [0, 0.1) is 6.92 Å². The molecule has 0 aliphatic carbocycles. The van der Waals surface area contributed by atoms with E-state index in [4.69, 9.17) is 0 Å². The number of ether oxygens (including phenoxy) is 1. The normalized spacial score (nSPS) is 15.1. The summed E-state index contributed by atoms with van der Waals surface area (Å²) in [5, 5.41) is 0. The molecule has 1 saturated heterocycles. The Hall–Kier alpha value is -2.04. The van der Waals surface area contributed by atoms with Gasteiger partial charge >= 0.3 is 5.97 Å². The molecule has 0 N–H and O–H groups in total. The van der Waals surface area contributed by atoms with Crippen LogP contribution >= 0.6 is 0 Å². The number of nitrogens with zero attached hydrogens (tertiary/aromatic N) is 2. The number of benzene rings is 1. The molecule has 5 heteroatoms. The molecule has 0 spiro atoms.